The van der Waals surface area contributed by atoms with E-state index in [4.69, 9.17) is 11.6 Å². The first-order chi connectivity index (χ1) is 9.85. The summed E-state index contributed by atoms with van der Waals surface area (Å²) in [5.41, 5.74) is 0.220. The van der Waals surface area contributed by atoms with Crippen molar-refractivity contribution in [1.29, 1.82) is 0 Å². The zero-order valence-corrected chi connectivity index (χ0v) is 13.5. The maximum absolute atomic E-state index is 12.5. The minimum absolute atomic E-state index is 0.0341. The predicted octanol–water partition coefficient (Wildman–Crippen LogP) is 0.636. The van der Waals surface area contributed by atoms with Gasteiger partial charge in [0.15, 0.2) is 0 Å². The van der Waals surface area contributed by atoms with Gasteiger partial charge in [0.2, 0.25) is 10.0 Å². The van der Waals surface area contributed by atoms with Crippen LogP contribution in [0.2, 0.25) is 5.02 Å². The highest BCUT2D eigenvalue weighted by molar-refractivity contribution is 7.89. The molecule has 2 rings (SSSR count). The number of nitrogens with zero attached hydrogens (tertiary/aromatic N) is 2. The monoisotopic (exact) mass is 331 g/mol. The van der Waals surface area contributed by atoms with Gasteiger partial charge in [0.1, 0.15) is 0 Å². The zero-order valence-electron chi connectivity index (χ0n) is 12.0. The molecular formula is C13H18ClN3O3S. The van der Waals surface area contributed by atoms with Gasteiger partial charge in [-0.15, -0.1) is 0 Å². The van der Waals surface area contributed by atoms with Gasteiger partial charge in [0.25, 0.3) is 5.91 Å². The Morgan fingerprint density at radius 3 is 2.43 bits per heavy atom. The number of carbonyl (C=O) groups is 1. The maximum Gasteiger partial charge on any atom is 0.255 e. The van der Waals surface area contributed by atoms with Crippen LogP contribution in [-0.2, 0) is 10.0 Å². The van der Waals surface area contributed by atoms with Gasteiger partial charge >= 0.3 is 0 Å². The van der Waals surface area contributed by atoms with Crippen molar-refractivity contribution in [3.8, 4) is 0 Å². The number of nitrogens with one attached hydrogen (secondary N) is 1. The third-order valence-corrected chi connectivity index (χ3v) is 5.28. The predicted molar refractivity (Wildman–Crippen MR) is 81.1 cm³/mol. The Kier molecular flexibility index (Phi) is 4.88. The Morgan fingerprint density at radius 2 is 1.86 bits per heavy atom. The zero-order chi connectivity index (χ0) is 15.6. The number of sulfonamides is 1. The number of hydrogen-bond donors (Lipinski definition) is 1. The molecule has 1 fully saturated rings. The lowest BCUT2D eigenvalue weighted by molar-refractivity contribution is 0.0664. The summed E-state index contributed by atoms with van der Waals surface area (Å²) in [6, 6.07) is 4.15. The molecule has 0 aliphatic carbocycles. The molecule has 0 bridgehead atoms. The molecule has 1 amide bonds. The van der Waals surface area contributed by atoms with E-state index in [1.54, 1.807) is 4.90 Å². The summed E-state index contributed by atoms with van der Waals surface area (Å²) in [7, 11) is -0.278. The van der Waals surface area contributed by atoms with Gasteiger partial charge in [-0.05, 0) is 32.3 Å². The molecule has 1 saturated heterocycles. The van der Waals surface area contributed by atoms with Gasteiger partial charge in [-0.2, -0.15) is 0 Å². The molecule has 0 spiro atoms. The van der Waals surface area contributed by atoms with E-state index in [1.165, 1.54) is 25.2 Å². The molecule has 0 unspecified atom stereocenters. The summed E-state index contributed by atoms with van der Waals surface area (Å²) in [5, 5.41) is 0.258. The number of benzene rings is 1. The third kappa shape index (κ3) is 3.55. The molecule has 1 aliphatic rings. The molecule has 1 aromatic carbocycles. The Balaban J connectivity index is 2.31. The van der Waals surface area contributed by atoms with Gasteiger partial charge < -0.3 is 9.80 Å². The van der Waals surface area contributed by atoms with Crippen LogP contribution < -0.4 is 4.72 Å². The summed E-state index contributed by atoms with van der Waals surface area (Å²) in [6.07, 6.45) is 0. The quantitative estimate of drug-likeness (QED) is 0.882. The van der Waals surface area contributed by atoms with Crippen LogP contribution in [0.4, 0.5) is 0 Å². The molecule has 0 radical (unpaired) electrons. The molecule has 0 saturated carbocycles. The maximum atomic E-state index is 12.5. The second-order valence-corrected chi connectivity index (χ2v) is 7.24. The molecule has 1 heterocycles. The van der Waals surface area contributed by atoms with E-state index in [0.29, 0.717) is 13.1 Å². The van der Waals surface area contributed by atoms with Crippen LogP contribution >= 0.6 is 11.6 Å². The summed E-state index contributed by atoms with van der Waals surface area (Å²) < 4.78 is 25.9. The number of carbonyl (C=O) groups excluding carboxylic acids is 1. The van der Waals surface area contributed by atoms with Crippen LogP contribution in [0.5, 0.6) is 0 Å². The van der Waals surface area contributed by atoms with Crippen LogP contribution in [0.15, 0.2) is 23.1 Å². The number of halogens is 1. The fraction of sp³-hybridized carbons (Fsp3) is 0.462. The Bertz CT molecular complexity index is 640. The molecule has 1 aliphatic heterocycles. The average Bonchev–Trinajstić information content (AvgIpc) is 2.47. The largest absolute Gasteiger partial charge is 0.336 e. The van der Waals surface area contributed by atoms with Crippen molar-refractivity contribution in [3.63, 3.8) is 0 Å². The Labute approximate surface area is 129 Å². The first kappa shape index (κ1) is 16.2. The highest BCUT2D eigenvalue weighted by Crippen LogP contribution is 2.22. The fourth-order valence-corrected chi connectivity index (χ4v) is 3.09. The number of hydrogen-bond acceptors (Lipinski definition) is 4. The molecule has 1 N–H and O–H groups in total. The molecule has 6 nitrogen and oxygen atoms in total. The lowest BCUT2D eigenvalue weighted by Gasteiger charge is -2.32. The SMILES string of the molecule is CNS(=O)(=O)c1ccc(Cl)c(C(=O)N2CCN(C)CC2)c1. The van der Waals surface area contributed by atoms with E-state index in [2.05, 4.69) is 9.62 Å². The first-order valence-corrected chi connectivity index (χ1v) is 8.42. The fourth-order valence-electron chi connectivity index (χ4n) is 2.13. The highest BCUT2D eigenvalue weighted by atomic mass is 35.5. The van der Waals surface area contributed by atoms with Gasteiger partial charge in [-0.3, -0.25) is 4.79 Å². The van der Waals surface area contributed by atoms with Crippen LogP contribution in [0.25, 0.3) is 0 Å². The van der Waals surface area contributed by atoms with E-state index >= 15 is 0 Å². The normalized spacial score (nSPS) is 17.0. The second kappa shape index (κ2) is 6.31. The van der Waals surface area contributed by atoms with Gasteiger partial charge in [0.05, 0.1) is 15.5 Å². The van der Waals surface area contributed by atoms with Crippen molar-refractivity contribution in [3.05, 3.63) is 28.8 Å². The summed E-state index contributed by atoms with van der Waals surface area (Å²) in [4.78, 5) is 16.4. The molecular weight excluding hydrogens is 314 g/mol. The minimum atomic E-state index is -3.60. The lowest BCUT2D eigenvalue weighted by Crippen LogP contribution is -2.47. The van der Waals surface area contributed by atoms with E-state index in [1.807, 2.05) is 7.05 Å². The van der Waals surface area contributed by atoms with Gasteiger partial charge in [-0.1, -0.05) is 11.6 Å². The number of likely N-dealkylation sites (N-methyl/N-ethyl adjacent to an activating group) is 1. The van der Waals surface area contributed by atoms with Crippen LogP contribution in [0.3, 0.4) is 0 Å². The Morgan fingerprint density at radius 1 is 1.24 bits per heavy atom. The van der Waals surface area contributed by atoms with Crippen molar-refractivity contribution in [1.82, 2.24) is 14.5 Å². The summed E-state index contributed by atoms with van der Waals surface area (Å²) in [5.74, 6) is -0.235. The summed E-state index contributed by atoms with van der Waals surface area (Å²) >= 11 is 6.06. The Hall–Kier alpha value is -1.15. The van der Waals surface area contributed by atoms with Crippen LogP contribution in [0, 0.1) is 0 Å². The van der Waals surface area contributed by atoms with E-state index in [-0.39, 0.29) is 21.4 Å². The smallest absolute Gasteiger partial charge is 0.255 e. The molecule has 1 aromatic rings. The molecule has 21 heavy (non-hydrogen) atoms. The lowest BCUT2D eigenvalue weighted by atomic mass is 10.2. The van der Waals surface area contributed by atoms with Crippen molar-refractivity contribution in [2.24, 2.45) is 0 Å². The van der Waals surface area contributed by atoms with Gasteiger partial charge in [0, 0.05) is 26.2 Å². The third-order valence-electron chi connectivity index (χ3n) is 3.54. The summed E-state index contributed by atoms with van der Waals surface area (Å²) in [6.45, 7) is 2.79. The van der Waals surface area contributed by atoms with E-state index in [0.717, 1.165) is 13.1 Å². The van der Waals surface area contributed by atoms with E-state index < -0.39 is 10.0 Å². The average molecular weight is 332 g/mol. The molecule has 8 heteroatoms. The topological polar surface area (TPSA) is 69.7 Å². The number of piperazine rings is 1. The van der Waals surface area contributed by atoms with Crippen molar-refractivity contribution in [2.45, 2.75) is 4.90 Å². The van der Waals surface area contributed by atoms with E-state index in [9.17, 15) is 13.2 Å². The second-order valence-electron chi connectivity index (χ2n) is 4.94. The van der Waals surface area contributed by atoms with Crippen molar-refractivity contribution in [2.75, 3.05) is 40.3 Å². The van der Waals surface area contributed by atoms with Crippen molar-refractivity contribution < 1.29 is 13.2 Å². The first-order valence-electron chi connectivity index (χ1n) is 6.56. The van der Waals surface area contributed by atoms with Crippen LogP contribution in [-0.4, -0.2) is 64.4 Å². The molecule has 116 valence electrons. The molecule has 0 aromatic heterocycles. The van der Waals surface area contributed by atoms with Gasteiger partial charge in [-0.25, -0.2) is 13.1 Å². The standard InChI is InChI=1S/C13H18ClN3O3S/c1-15-21(19,20)10-3-4-12(14)11(9-10)13(18)17-7-5-16(2)6-8-17/h3-4,9,15H,5-8H2,1-2H3. The molecule has 0 atom stereocenters. The minimum Gasteiger partial charge on any atom is -0.336 e. The van der Waals surface area contributed by atoms with Crippen molar-refractivity contribution >= 4 is 27.5 Å². The number of rotatable bonds is 3. The number of amides is 1. The highest BCUT2D eigenvalue weighted by Gasteiger charge is 2.24. The van der Waals surface area contributed by atoms with Crippen LogP contribution in [0.1, 0.15) is 10.4 Å².